The molecular weight excluding hydrogens is 275 g/mol. The van der Waals surface area contributed by atoms with E-state index in [4.69, 9.17) is 0 Å². The van der Waals surface area contributed by atoms with Gasteiger partial charge in [-0.15, -0.1) is 0 Å². The number of benzene rings is 1. The lowest BCUT2D eigenvalue weighted by Gasteiger charge is -1.99. The van der Waals surface area contributed by atoms with Crippen LogP contribution in [0.3, 0.4) is 0 Å². The molecule has 0 aliphatic heterocycles. The Balaban J connectivity index is 2.34. The Morgan fingerprint density at radius 1 is 1.26 bits per heavy atom. The van der Waals surface area contributed by atoms with Gasteiger partial charge in [0, 0.05) is 7.05 Å². The van der Waals surface area contributed by atoms with E-state index in [1.54, 1.807) is 0 Å². The van der Waals surface area contributed by atoms with Gasteiger partial charge in [-0.3, -0.25) is 0 Å². The van der Waals surface area contributed by atoms with E-state index in [0.717, 1.165) is 45.4 Å². The molecule has 0 fully saturated rings. The summed E-state index contributed by atoms with van der Waals surface area (Å²) in [4.78, 5) is 11.9. The van der Waals surface area contributed by atoms with E-state index >= 15 is 0 Å². The van der Waals surface area contributed by atoms with Gasteiger partial charge in [0.15, 0.2) is 0 Å². The van der Waals surface area contributed by atoms with E-state index in [0.29, 0.717) is 0 Å². The monoisotopic (exact) mass is 284 g/mol. The maximum atomic E-state index is 12.7. The molecule has 0 bridgehead atoms. The fraction of sp³-hybridized carbons (Fsp3) is 0.100. The van der Waals surface area contributed by atoms with Gasteiger partial charge < -0.3 is 0 Å². The molecule has 2 rings (SSSR count). The van der Waals surface area contributed by atoms with Crippen LogP contribution >= 0.6 is 0 Å². The van der Waals surface area contributed by atoms with Crippen molar-refractivity contribution in [3.8, 4) is 0 Å². The van der Waals surface area contributed by atoms with Crippen LogP contribution < -0.4 is 5.69 Å². The molecular formula is C10H9FN4O3S. The summed E-state index contributed by atoms with van der Waals surface area (Å²) in [5, 5.41) is 7.51. The maximum absolute atomic E-state index is 12.7. The first-order chi connectivity index (χ1) is 8.90. The molecule has 0 unspecified atom stereocenters. The number of hydrogen-bond acceptors (Lipinski definition) is 5. The van der Waals surface area contributed by atoms with Crippen LogP contribution in [-0.2, 0) is 16.9 Å². The number of sulfone groups is 1. The molecule has 0 saturated carbocycles. The molecule has 1 heterocycles. The van der Waals surface area contributed by atoms with Crippen LogP contribution in [0.2, 0.25) is 0 Å². The summed E-state index contributed by atoms with van der Waals surface area (Å²) in [5.74, 6) is -0.526. The quantitative estimate of drug-likeness (QED) is 0.741. The zero-order valence-corrected chi connectivity index (χ0v) is 10.6. The minimum atomic E-state index is -3.73. The smallest absolute Gasteiger partial charge is 0.242 e. The number of aromatic nitrogens is 4. The minimum absolute atomic E-state index is 0.0599. The van der Waals surface area contributed by atoms with Crippen molar-refractivity contribution in [3.05, 3.63) is 46.0 Å². The van der Waals surface area contributed by atoms with Crippen LogP contribution in [0.25, 0.3) is 6.20 Å². The van der Waals surface area contributed by atoms with Gasteiger partial charge in [-0.2, -0.15) is 4.80 Å². The summed E-state index contributed by atoms with van der Waals surface area (Å²) >= 11 is 0. The number of nitrogens with zero attached hydrogens (tertiary/aromatic N) is 4. The molecule has 0 N–H and O–H groups in total. The highest BCUT2D eigenvalue weighted by Crippen LogP contribution is 2.12. The largest absolute Gasteiger partial charge is 0.383 e. The van der Waals surface area contributed by atoms with Crippen molar-refractivity contribution in [2.24, 2.45) is 7.05 Å². The van der Waals surface area contributed by atoms with Gasteiger partial charge >= 0.3 is 5.69 Å². The summed E-state index contributed by atoms with van der Waals surface area (Å²) in [5.41, 5.74) is -0.608. The Hall–Kier alpha value is -2.29. The van der Waals surface area contributed by atoms with Gasteiger partial charge in [-0.1, -0.05) is 5.10 Å². The Morgan fingerprint density at radius 3 is 2.42 bits per heavy atom. The van der Waals surface area contributed by atoms with E-state index in [1.807, 2.05) is 0 Å². The number of hydrogen-bond donors (Lipinski definition) is 0. The second kappa shape index (κ2) is 4.76. The van der Waals surface area contributed by atoms with Crippen LogP contribution in [0, 0.1) is 5.82 Å². The van der Waals surface area contributed by atoms with E-state index in [9.17, 15) is 17.6 Å². The summed E-state index contributed by atoms with van der Waals surface area (Å²) < 4.78 is 37.5. The Labute approximate surface area is 107 Å². The molecule has 0 aliphatic rings. The fourth-order valence-corrected chi connectivity index (χ4v) is 2.21. The summed E-state index contributed by atoms with van der Waals surface area (Å²) in [6.07, 6.45) is 1.08. The zero-order valence-electron chi connectivity index (χ0n) is 9.76. The molecule has 0 radical (unpaired) electrons. The third kappa shape index (κ3) is 2.76. The number of tetrazole rings is 1. The predicted octanol–water partition coefficient (Wildman–Crippen LogP) is 0.0180. The van der Waals surface area contributed by atoms with Gasteiger partial charge in [-0.25, -0.2) is 22.3 Å². The van der Waals surface area contributed by atoms with Gasteiger partial charge in [0.2, 0.25) is 9.84 Å². The first kappa shape index (κ1) is 13.1. The molecule has 2 aromatic rings. The van der Waals surface area contributed by atoms with E-state index in [2.05, 4.69) is 10.3 Å². The first-order valence-electron chi connectivity index (χ1n) is 5.07. The molecule has 0 atom stereocenters. The Kier molecular flexibility index (Phi) is 3.30. The topological polar surface area (TPSA) is 86.8 Å². The standard InChI is InChI=1S/C10H9FN4O3S/c1-14-10(16)12-13-15(14)6-7-19(17,18)9-4-2-8(11)3-5-9/h2-7H,1H3/b7-6+. The first-order valence-corrected chi connectivity index (χ1v) is 6.62. The van der Waals surface area contributed by atoms with Crippen molar-refractivity contribution in [2.45, 2.75) is 4.90 Å². The third-order valence-electron chi connectivity index (χ3n) is 2.32. The van der Waals surface area contributed by atoms with Crippen LogP contribution in [-0.4, -0.2) is 28.2 Å². The van der Waals surface area contributed by atoms with Gasteiger partial charge in [0.25, 0.3) is 0 Å². The number of rotatable bonds is 3. The van der Waals surface area contributed by atoms with Crippen molar-refractivity contribution in [3.63, 3.8) is 0 Å². The second-order valence-electron chi connectivity index (χ2n) is 3.60. The highest BCUT2D eigenvalue weighted by Gasteiger charge is 2.10. The SMILES string of the molecule is Cn1c(=O)nnn1/C=C/S(=O)(=O)c1ccc(F)cc1. The van der Waals surface area contributed by atoms with Crippen LogP contribution in [0.4, 0.5) is 4.39 Å². The Bertz CT molecular complexity index is 774. The lowest BCUT2D eigenvalue weighted by atomic mass is 10.4. The molecule has 100 valence electrons. The summed E-state index contributed by atoms with van der Waals surface area (Å²) in [7, 11) is -2.35. The van der Waals surface area contributed by atoms with Crippen LogP contribution in [0.15, 0.2) is 39.4 Å². The normalized spacial score (nSPS) is 12.1. The maximum Gasteiger partial charge on any atom is 0.383 e. The van der Waals surface area contributed by atoms with Crippen molar-refractivity contribution < 1.29 is 12.8 Å². The summed E-state index contributed by atoms with van der Waals surface area (Å²) in [6, 6.07) is 4.39. The van der Waals surface area contributed by atoms with Gasteiger partial charge in [0.1, 0.15) is 5.82 Å². The third-order valence-corrected chi connectivity index (χ3v) is 3.73. The van der Waals surface area contributed by atoms with Crippen LogP contribution in [0.1, 0.15) is 0 Å². The molecule has 9 heteroatoms. The van der Waals surface area contributed by atoms with Crippen molar-refractivity contribution in [1.82, 2.24) is 19.8 Å². The minimum Gasteiger partial charge on any atom is -0.242 e. The average molecular weight is 284 g/mol. The van der Waals surface area contributed by atoms with E-state index in [-0.39, 0.29) is 4.90 Å². The van der Waals surface area contributed by atoms with Gasteiger partial charge in [0.05, 0.1) is 16.5 Å². The molecule has 0 amide bonds. The molecule has 0 aliphatic carbocycles. The second-order valence-corrected chi connectivity index (χ2v) is 5.43. The van der Waals surface area contributed by atoms with Crippen molar-refractivity contribution in [2.75, 3.05) is 0 Å². The predicted molar refractivity (Wildman–Crippen MR) is 64.2 cm³/mol. The average Bonchev–Trinajstić information content (AvgIpc) is 2.68. The van der Waals surface area contributed by atoms with E-state index < -0.39 is 21.3 Å². The Morgan fingerprint density at radius 2 is 1.89 bits per heavy atom. The van der Waals surface area contributed by atoms with E-state index in [1.165, 1.54) is 7.05 Å². The lowest BCUT2D eigenvalue weighted by Crippen LogP contribution is -2.17. The molecule has 19 heavy (non-hydrogen) atoms. The fourth-order valence-electron chi connectivity index (χ4n) is 1.26. The lowest BCUT2D eigenvalue weighted by molar-refractivity contribution is 0.598. The molecule has 7 nitrogen and oxygen atoms in total. The molecule has 1 aromatic carbocycles. The zero-order chi connectivity index (χ0) is 14.0. The van der Waals surface area contributed by atoms with Gasteiger partial charge in [-0.05, 0) is 29.5 Å². The highest BCUT2D eigenvalue weighted by molar-refractivity contribution is 7.94. The molecule has 0 saturated heterocycles. The van der Waals surface area contributed by atoms with Crippen molar-refractivity contribution >= 4 is 16.0 Å². The summed E-state index contributed by atoms with van der Waals surface area (Å²) in [6.45, 7) is 0. The number of halogens is 1. The molecule has 0 spiro atoms. The molecule has 1 aromatic heterocycles. The van der Waals surface area contributed by atoms with Crippen molar-refractivity contribution in [1.29, 1.82) is 0 Å². The van der Waals surface area contributed by atoms with Crippen LogP contribution in [0.5, 0.6) is 0 Å². The highest BCUT2D eigenvalue weighted by atomic mass is 32.2.